The van der Waals surface area contributed by atoms with Crippen molar-refractivity contribution in [2.75, 3.05) is 26.7 Å². The van der Waals surface area contributed by atoms with Crippen LogP contribution in [0.4, 0.5) is 0 Å². The first-order valence-electron chi connectivity index (χ1n) is 21.3. The largest absolute Gasteiger partial charge is 0.481 e. The second-order valence-corrected chi connectivity index (χ2v) is 20.8. The van der Waals surface area contributed by atoms with Crippen molar-refractivity contribution < 1.29 is 29.3 Å². The van der Waals surface area contributed by atoms with Crippen LogP contribution < -0.4 is 5.32 Å². The van der Waals surface area contributed by atoms with E-state index in [2.05, 4.69) is 63.7 Å². The zero-order valence-corrected chi connectivity index (χ0v) is 35.6. The molecule has 3 N–H and O–H groups in total. The lowest BCUT2D eigenvalue weighted by Crippen LogP contribution is -2.66. The van der Waals surface area contributed by atoms with Crippen LogP contribution in [0.1, 0.15) is 132 Å². The van der Waals surface area contributed by atoms with Gasteiger partial charge < -0.3 is 20.3 Å². The molecule has 9 heteroatoms. The minimum Gasteiger partial charge on any atom is -0.481 e. The number of ether oxygens (including phenoxy) is 1. The van der Waals surface area contributed by atoms with Crippen LogP contribution in [-0.4, -0.2) is 76.7 Å². The van der Waals surface area contributed by atoms with Gasteiger partial charge in [-0.05, 0) is 135 Å². The summed E-state index contributed by atoms with van der Waals surface area (Å²) in [5, 5.41) is 25.5. The molecule has 0 radical (unpaired) electrons. The highest BCUT2D eigenvalue weighted by Gasteiger charge is 2.71. The molecule has 0 aliphatic heterocycles. The molecule has 1 aromatic rings. The Morgan fingerprint density at radius 3 is 2.31 bits per heavy atom. The van der Waals surface area contributed by atoms with Gasteiger partial charge in [0.05, 0.1) is 17.9 Å². The quantitative estimate of drug-likeness (QED) is 0.172. The number of aromatic nitrogens is 1. The molecule has 9 atom stereocenters. The van der Waals surface area contributed by atoms with Gasteiger partial charge in [-0.3, -0.25) is 24.3 Å². The highest BCUT2D eigenvalue weighted by molar-refractivity contribution is 6.00. The van der Waals surface area contributed by atoms with Crippen LogP contribution in [0.5, 0.6) is 0 Å². The molecule has 1 aromatic heterocycles. The van der Waals surface area contributed by atoms with Crippen molar-refractivity contribution in [1.29, 1.82) is 0 Å². The predicted molar refractivity (Wildman–Crippen MR) is 215 cm³/mol. The third kappa shape index (κ3) is 6.94. The molecular formula is C46H71N3O6. The summed E-state index contributed by atoms with van der Waals surface area (Å²) in [7, 11) is 1.96. The number of nitrogens with one attached hydrogen (secondary N) is 1. The molecule has 55 heavy (non-hydrogen) atoms. The van der Waals surface area contributed by atoms with E-state index in [1.165, 1.54) is 11.1 Å². The highest BCUT2D eigenvalue weighted by atomic mass is 16.5. The van der Waals surface area contributed by atoms with Gasteiger partial charge in [-0.1, -0.05) is 54.0 Å². The van der Waals surface area contributed by atoms with Crippen molar-refractivity contribution in [2.45, 2.75) is 145 Å². The average Bonchev–Trinajstić information content (AvgIpc) is 3.42. The Labute approximate surface area is 330 Å². The number of allylic oxidation sites excluding steroid dienone is 1. The zero-order chi connectivity index (χ0) is 40.4. The minimum atomic E-state index is -1.17. The minimum absolute atomic E-state index is 0.0219. The molecule has 9 nitrogen and oxygen atoms in total. The molecule has 5 aliphatic carbocycles. The van der Waals surface area contributed by atoms with Gasteiger partial charge in [-0.2, -0.15) is 0 Å². The van der Waals surface area contributed by atoms with Gasteiger partial charge in [0.1, 0.15) is 6.10 Å². The van der Waals surface area contributed by atoms with Gasteiger partial charge in [0.25, 0.3) is 0 Å². The Kier molecular flexibility index (Phi) is 11.4. The number of aliphatic hydroxyl groups is 1. The number of fused-ring (bicyclic) bond motifs is 7. The standard InChI is InChI=1S/C46H71N3O6/c1-29(2)38-32(50)25-46(35(51)28-49(24-23-47-10)27-30-15-21-48-22-16-30)20-19-44(8)31(39(38)46)11-12-34-43(7)17-14-36(55-37(52)26-41(3,4)40(53)54)42(5,6)33(43)13-18-45(34,44)9/h15-16,21-22,29,31,33-36,47,51H,11-14,17-20,23-28H2,1-10H3,(H,53,54)/t31-,33+,34-,35+,36+,43+,44-,45-,46+/m1/s1. The van der Waals surface area contributed by atoms with E-state index in [1.54, 1.807) is 13.8 Å². The van der Waals surface area contributed by atoms with Crippen molar-refractivity contribution in [3.05, 3.63) is 41.2 Å². The molecule has 306 valence electrons. The van der Waals surface area contributed by atoms with Crippen molar-refractivity contribution in [3.8, 4) is 0 Å². The Morgan fingerprint density at radius 1 is 0.982 bits per heavy atom. The summed E-state index contributed by atoms with van der Waals surface area (Å²) in [6.45, 7) is 22.6. The molecule has 4 saturated carbocycles. The van der Waals surface area contributed by atoms with Crippen molar-refractivity contribution >= 4 is 17.7 Å². The highest BCUT2D eigenvalue weighted by Crippen LogP contribution is 2.77. The number of likely N-dealkylation sites (N-methyl/N-ethyl adjacent to an activating group) is 1. The number of carboxylic acid groups (broad SMARTS) is 1. The maximum absolute atomic E-state index is 14.2. The number of carboxylic acids is 1. The number of Topliss-reactive ketones (excluding diaryl/α,β-unsaturated/α-hetero) is 1. The molecular weight excluding hydrogens is 691 g/mol. The lowest BCUT2D eigenvalue weighted by molar-refractivity contribution is -0.235. The summed E-state index contributed by atoms with van der Waals surface area (Å²) in [5.74, 6) is 0.0359. The molecule has 0 bridgehead atoms. The van der Waals surface area contributed by atoms with E-state index >= 15 is 0 Å². The van der Waals surface area contributed by atoms with E-state index in [1.807, 2.05) is 31.6 Å². The fraction of sp³-hybridized carbons (Fsp3) is 0.783. The van der Waals surface area contributed by atoms with Crippen molar-refractivity contribution in [2.24, 2.45) is 56.2 Å². The van der Waals surface area contributed by atoms with E-state index in [9.17, 15) is 24.6 Å². The summed E-state index contributed by atoms with van der Waals surface area (Å²) in [6.07, 6.45) is 10.8. The third-order valence-corrected chi connectivity index (χ3v) is 16.8. The maximum Gasteiger partial charge on any atom is 0.309 e. The lowest BCUT2D eigenvalue weighted by atomic mass is 9.33. The van der Waals surface area contributed by atoms with Crippen molar-refractivity contribution in [3.63, 3.8) is 0 Å². The van der Waals surface area contributed by atoms with Crippen LogP contribution in [0.25, 0.3) is 0 Å². The van der Waals surface area contributed by atoms with Crippen LogP contribution in [0.3, 0.4) is 0 Å². The van der Waals surface area contributed by atoms with E-state index in [0.717, 1.165) is 76.6 Å². The number of pyridine rings is 1. The SMILES string of the molecule is CNCCN(Cc1ccncc1)C[C@H](O)[C@@]12CC[C@]3(C)[C@H](CC[C@@H]4[C@@]5(C)CC[C@H](OC(=O)CC(C)(C)C(=O)O)C(C)(C)[C@@H]5CC[C@]43C)C1=C(C(C)C)C(=O)C2. The fourth-order valence-electron chi connectivity index (χ4n) is 13.6. The Balaban J connectivity index is 1.28. The first kappa shape index (κ1) is 42.0. The fourth-order valence-corrected chi connectivity index (χ4v) is 13.6. The topological polar surface area (TPSA) is 129 Å². The van der Waals surface area contributed by atoms with Crippen LogP contribution in [-0.2, 0) is 25.7 Å². The predicted octanol–water partition coefficient (Wildman–Crippen LogP) is 7.86. The van der Waals surface area contributed by atoms with Gasteiger partial charge in [0, 0.05) is 55.8 Å². The Hall–Kier alpha value is -2.62. The second kappa shape index (κ2) is 15.0. The lowest BCUT2D eigenvalue weighted by Gasteiger charge is -2.72. The van der Waals surface area contributed by atoms with Crippen LogP contribution >= 0.6 is 0 Å². The number of carbonyl (C=O) groups is 3. The maximum atomic E-state index is 14.2. The van der Waals surface area contributed by atoms with Gasteiger partial charge in [-0.25, -0.2) is 0 Å². The molecule has 0 saturated heterocycles. The number of aliphatic hydroxyl groups excluding tert-OH is 1. The number of aliphatic carboxylic acids is 1. The summed E-state index contributed by atoms with van der Waals surface area (Å²) in [5.41, 5.74) is 1.60. The number of hydrogen-bond donors (Lipinski definition) is 3. The summed E-state index contributed by atoms with van der Waals surface area (Å²) in [6, 6.07) is 4.09. The number of ketones is 1. The Morgan fingerprint density at radius 2 is 1.67 bits per heavy atom. The molecule has 0 spiro atoms. The summed E-state index contributed by atoms with van der Waals surface area (Å²) < 4.78 is 6.19. The number of rotatable bonds is 13. The molecule has 4 fully saturated rings. The number of hydrogen-bond acceptors (Lipinski definition) is 8. The summed E-state index contributed by atoms with van der Waals surface area (Å²) in [4.78, 5) is 45.7. The van der Waals surface area contributed by atoms with E-state index in [-0.39, 0.29) is 51.8 Å². The number of esters is 1. The summed E-state index contributed by atoms with van der Waals surface area (Å²) >= 11 is 0. The molecule has 0 aromatic carbocycles. The smallest absolute Gasteiger partial charge is 0.309 e. The van der Waals surface area contributed by atoms with Crippen LogP contribution in [0.2, 0.25) is 0 Å². The van der Waals surface area contributed by atoms with Gasteiger partial charge >= 0.3 is 11.9 Å². The molecule has 5 aliphatic rings. The zero-order valence-electron chi connectivity index (χ0n) is 35.6. The third-order valence-electron chi connectivity index (χ3n) is 16.8. The molecule has 0 amide bonds. The van der Waals surface area contributed by atoms with Gasteiger partial charge in [0.15, 0.2) is 5.78 Å². The first-order chi connectivity index (χ1) is 25.7. The normalized spacial score (nSPS) is 36.2. The van der Waals surface area contributed by atoms with E-state index in [0.29, 0.717) is 24.8 Å². The van der Waals surface area contributed by atoms with E-state index < -0.39 is 28.9 Å². The van der Waals surface area contributed by atoms with Gasteiger partial charge in [0.2, 0.25) is 0 Å². The van der Waals surface area contributed by atoms with Crippen molar-refractivity contribution in [1.82, 2.24) is 15.2 Å². The van der Waals surface area contributed by atoms with Gasteiger partial charge in [-0.15, -0.1) is 0 Å². The number of nitrogens with zero attached hydrogens (tertiary/aromatic N) is 2. The van der Waals surface area contributed by atoms with Crippen LogP contribution in [0, 0.1) is 56.2 Å². The van der Waals surface area contributed by atoms with E-state index in [4.69, 9.17) is 4.74 Å². The molecule has 0 unspecified atom stereocenters. The second-order valence-electron chi connectivity index (χ2n) is 20.8. The monoisotopic (exact) mass is 762 g/mol. The van der Waals surface area contributed by atoms with Crippen LogP contribution in [0.15, 0.2) is 35.7 Å². The molecule has 1 heterocycles. The number of carbonyl (C=O) groups excluding carboxylic acids is 2. The average molecular weight is 762 g/mol. The first-order valence-corrected chi connectivity index (χ1v) is 21.3. The molecule has 6 rings (SSSR count). The Bertz CT molecular complexity index is 1660.